The molecule has 1 aliphatic carbocycles. The lowest BCUT2D eigenvalue weighted by atomic mass is 9.93. The molecule has 1 amide bonds. The van der Waals surface area contributed by atoms with Crippen LogP contribution in [0.4, 0.5) is 0 Å². The average Bonchev–Trinajstić information content (AvgIpc) is 2.82. The summed E-state index contributed by atoms with van der Waals surface area (Å²) >= 11 is 0. The minimum atomic E-state index is 0.0443. The Morgan fingerprint density at radius 2 is 2.12 bits per heavy atom. The van der Waals surface area contributed by atoms with E-state index in [1.54, 1.807) is 0 Å². The lowest BCUT2D eigenvalue weighted by molar-refractivity contribution is -0.132. The molecule has 0 bridgehead atoms. The second-order valence-electron chi connectivity index (χ2n) is 6.06. The van der Waals surface area contributed by atoms with Crippen LogP contribution in [0.25, 0.3) is 0 Å². The predicted molar refractivity (Wildman–Crippen MR) is 69.4 cm³/mol. The van der Waals surface area contributed by atoms with E-state index in [1.165, 1.54) is 19.3 Å². The number of carbonyl (C=O) groups is 1. The van der Waals surface area contributed by atoms with Crippen molar-refractivity contribution < 1.29 is 4.79 Å². The van der Waals surface area contributed by atoms with Gasteiger partial charge in [-0.25, -0.2) is 0 Å². The lowest BCUT2D eigenvalue weighted by Crippen LogP contribution is -2.41. The van der Waals surface area contributed by atoms with E-state index in [0.29, 0.717) is 23.8 Å². The molecule has 0 spiro atoms. The molecule has 3 heteroatoms. The summed E-state index contributed by atoms with van der Waals surface area (Å²) in [5.74, 6) is 2.20. The molecule has 1 N–H and O–H groups in total. The first-order valence-electron chi connectivity index (χ1n) is 7.10. The van der Waals surface area contributed by atoms with Crippen molar-refractivity contribution in [2.45, 2.75) is 59.0 Å². The molecule has 0 radical (unpaired) electrons. The van der Waals surface area contributed by atoms with E-state index < -0.39 is 0 Å². The molecule has 2 aliphatic rings. The smallest absolute Gasteiger partial charge is 0.241 e. The number of carbonyl (C=O) groups excluding carboxylic acids is 1. The Hall–Kier alpha value is -0.570. The first-order valence-corrected chi connectivity index (χ1v) is 7.10. The zero-order valence-electron chi connectivity index (χ0n) is 11.6. The molecule has 0 aromatic rings. The molecule has 4 unspecified atom stereocenters. The molecular weight excluding hydrogens is 212 g/mol. The van der Waals surface area contributed by atoms with Crippen LogP contribution in [0, 0.1) is 17.8 Å². The zero-order chi connectivity index (χ0) is 12.6. The van der Waals surface area contributed by atoms with Gasteiger partial charge in [-0.1, -0.05) is 34.1 Å². The van der Waals surface area contributed by atoms with Gasteiger partial charge >= 0.3 is 0 Å². The van der Waals surface area contributed by atoms with Crippen molar-refractivity contribution in [1.29, 1.82) is 0 Å². The average molecular weight is 238 g/mol. The molecule has 1 saturated heterocycles. The molecule has 2 fully saturated rings. The molecule has 0 aromatic carbocycles. The van der Waals surface area contributed by atoms with Gasteiger partial charge in [0.1, 0.15) is 0 Å². The van der Waals surface area contributed by atoms with Gasteiger partial charge in [-0.05, 0) is 30.6 Å². The first-order chi connectivity index (χ1) is 8.06. The van der Waals surface area contributed by atoms with Gasteiger partial charge in [0, 0.05) is 6.04 Å². The van der Waals surface area contributed by atoms with Crippen molar-refractivity contribution in [3.8, 4) is 0 Å². The Morgan fingerprint density at radius 1 is 1.41 bits per heavy atom. The fraction of sp³-hybridized carbons (Fsp3) is 0.929. The summed E-state index contributed by atoms with van der Waals surface area (Å²) in [6, 6.07) is 0.520. The van der Waals surface area contributed by atoms with Gasteiger partial charge < -0.3 is 4.90 Å². The minimum Gasteiger partial charge on any atom is -0.325 e. The van der Waals surface area contributed by atoms with Gasteiger partial charge in [-0.15, -0.1) is 0 Å². The SMILES string of the molecule is CCC1CCC(N2CNC(C(C)C)C2=O)C1C. The van der Waals surface area contributed by atoms with E-state index in [2.05, 4.69) is 37.9 Å². The second-order valence-corrected chi connectivity index (χ2v) is 6.06. The highest BCUT2D eigenvalue weighted by Gasteiger charge is 2.42. The third kappa shape index (κ3) is 2.22. The van der Waals surface area contributed by atoms with Crippen LogP contribution < -0.4 is 5.32 Å². The molecule has 1 heterocycles. The number of nitrogens with zero attached hydrogens (tertiary/aromatic N) is 1. The van der Waals surface area contributed by atoms with Crippen LogP contribution in [0.5, 0.6) is 0 Å². The largest absolute Gasteiger partial charge is 0.325 e. The standard InChI is InChI=1S/C14H26N2O/c1-5-11-6-7-12(10(11)4)16-8-15-13(9(2)3)14(16)17/h9-13,15H,5-8H2,1-4H3. The summed E-state index contributed by atoms with van der Waals surface area (Å²) in [7, 11) is 0. The maximum Gasteiger partial charge on any atom is 0.241 e. The van der Waals surface area contributed by atoms with Crippen molar-refractivity contribution in [1.82, 2.24) is 10.2 Å². The molecule has 1 aliphatic heterocycles. The van der Waals surface area contributed by atoms with E-state index in [-0.39, 0.29) is 6.04 Å². The quantitative estimate of drug-likeness (QED) is 0.817. The van der Waals surface area contributed by atoms with Gasteiger partial charge in [0.2, 0.25) is 5.91 Å². The Morgan fingerprint density at radius 3 is 2.59 bits per heavy atom. The monoisotopic (exact) mass is 238 g/mol. The summed E-state index contributed by atoms with van der Waals surface area (Å²) in [6.45, 7) is 9.58. The summed E-state index contributed by atoms with van der Waals surface area (Å²) in [5.41, 5.74) is 0. The van der Waals surface area contributed by atoms with Gasteiger partial charge in [0.25, 0.3) is 0 Å². The molecule has 1 saturated carbocycles. The molecule has 0 aromatic heterocycles. The lowest BCUT2D eigenvalue weighted by Gasteiger charge is -2.29. The molecule has 17 heavy (non-hydrogen) atoms. The van der Waals surface area contributed by atoms with Crippen LogP contribution in [-0.4, -0.2) is 29.6 Å². The van der Waals surface area contributed by atoms with Gasteiger partial charge in [0.15, 0.2) is 0 Å². The molecule has 98 valence electrons. The highest BCUT2D eigenvalue weighted by Crippen LogP contribution is 2.37. The fourth-order valence-electron chi connectivity index (χ4n) is 3.58. The van der Waals surface area contributed by atoms with E-state index in [1.807, 2.05) is 0 Å². The Kier molecular flexibility index (Phi) is 3.76. The van der Waals surface area contributed by atoms with Crippen molar-refractivity contribution in [2.24, 2.45) is 17.8 Å². The van der Waals surface area contributed by atoms with E-state index in [9.17, 15) is 4.79 Å². The second kappa shape index (κ2) is 4.97. The van der Waals surface area contributed by atoms with E-state index in [4.69, 9.17) is 0 Å². The Balaban J connectivity index is 2.03. The van der Waals surface area contributed by atoms with Gasteiger partial charge in [-0.2, -0.15) is 0 Å². The van der Waals surface area contributed by atoms with E-state index in [0.717, 1.165) is 12.6 Å². The summed E-state index contributed by atoms with van der Waals surface area (Å²) in [4.78, 5) is 14.4. The van der Waals surface area contributed by atoms with Crippen LogP contribution in [0.3, 0.4) is 0 Å². The Labute approximate surface area is 105 Å². The number of amides is 1. The van der Waals surface area contributed by atoms with Crippen molar-refractivity contribution in [3.63, 3.8) is 0 Å². The van der Waals surface area contributed by atoms with Crippen molar-refractivity contribution in [3.05, 3.63) is 0 Å². The van der Waals surface area contributed by atoms with E-state index >= 15 is 0 Å². The number of hydrogen-bond donors (Lipinski definition) is 1. The number of hydrogen-bond acceptors (Lipinski definition) is 2. The third-order valence-corrected chi connectivity index (χ3v) is 4.81. The van der Waals surface area contributed by atoms with Crippen LogP contribution in [0.1, 0.15) is 47.0 Å². The summed E-state index contributed by atoms with van der Waals surface area (Å²) in [6.07, 6.45) is 3.73. The maximum absolute atomic E-state index is 12.3. The molecule has 4 atom stereocenters. The predicted octanol–water partition coefficient (Wildman–Crippen LogP) is 2.22. The Bertz CT molecular complexity index is 290. The topological polar surface area (TPSA) is 32.3 Å². The highest BCUT2D eigenvalue weighted by atomic mass is 16.2. The van der Waals surface area contributed by atoms with Crippen LogP contribution in [0.15, 0.2) is 0 Å². The maximum atomic E-state index is 12.3. The minimum absolute atomic E-state index is 0.0443. The van der Waals surface area contributed by atoms with Gasteiger partial charge in [0.05, 0.1) is 12.7 Å². The molecule has 3 nitrogen and oxygen atoms in total. The first kappa shape index (κ1) is 12.9. The van der Waals surface area contributed by atoms with Crippen LogP contribution in [-0.2, 0) is 4.79 Å². The third-order valence-electron chi connectivity index (χ3n) is 4.81. The number of rotatable bonds is 3. The molecular formula is C14H26N2O. The van der Waals surface area contributed by atoms with Gasteiger partial charge in [-0.3, -0.25) is 10.1 Å². The van der Waals surface area contributed by atoms with Crippen molar-refractivity contribution in [2.75, 3.05) is 6.67 Å². The van der Waals surface area contributed by atoms with Crippen molar-refractivity contribution >= 4 is 5.91 Å². The summed E-state index contributed by atoms with van der Waals surface area (Å²) in [5, 5.41) is 3.36. The number of nitrogens with one attached hydrogen (secondary N) is 1. The van der Waals surface area contributed by atoms with Crippen LogP contribution >= 0.6 is 0 Å². The fourth-order valence-corrected chi connectivity index (χ4v) is 3.58. The zero-order valence-corrected chi connectivity index (χ0v) is 11.6. The highest BCUT2D eigenvalue weighted by molar-refractivity contribution is 5.84. The van der Waals surface area contributed by atoms with Crippen LogP contribution in [0.2, 0.25) is 0 Å². The normalized spacial score (nSPS) is 38.4. The summed E-state index contributed by atoms with van der Waals surface area (Å²) < 4.78 is 0. The molecule has 2 rings (SSSR count).